The summed E-state index contributed by atoms with van der Waals surface area (Å²) in [6, 6.07) is 29.8. The first-order valence-electron chi connectivity index (χ1n) is 15.6. The van der Waals surface area contributed by atoms with Crippen molar-refractivity contribution in [1.82, 2.24) is 9.62 Å². The van der Waals surface area contributed by atoms with Crippen molar-refractivity contribution in [3.8, 4) is 16.9 Å². The molecule has 48 heavy (non-hydrogen) atoms. The van der Waals surface area contributed by atoms with Gasteiger partial charge >= 0.3 is 0 Å². The molecule has 0 spiro atoms. The second-order valence-corrected chi connectivity index (χ2v) is 14.1. The molecule has 5 aromatic rings. The first kappa shape index (κ1) is 32.8. The Labute approximate surface area is 278 Å². The first-order valence-corrected chi connectivity index (χ1v) is 17.1. The number of halogens is 2. The second-order valence-electron chi connectivity index (χ2n) is 12.4. The molecule has 1 unspecified atom stereocenters. The van der Waals surface area contributed by atoms with Gasteiger partial charge in [0.25, 0.3) is 21.8 Å². The molecule has 5 aromatic carbocycles. The molecule has 1 saturated heterocycles. The number of hydrogen-bond donors (Lipinski definition) is 1. The summed E-state index contributed by atoms with van der Waals surface area (Å²) in [6.45, 7) is 4.02. The lowest BCUT2D eigenvalue weighted by atomic mass is 9.90. The van der Waals surface area contributed by atoms with Gasteiger partial charge in [0.1, 0.15) is 5.75 Å². The molecule has 0 radical (unpaired) electrons. The molecule has 0 bridgehead atoms. The maximum atomic E-state index is 13.8. The van der Waals surface area contributed by atoms with Crippen molar-refractivity contribution in [1.29, 1.82) is 0 Å². The molecule has 1 atom stereocenters. The van der Waals surface area contributed by atoms with Crippen LogP contribution in [0.25, 0.3) is 21.9 Å². The van der Waals surface area contributed by atoms with Crippen molar-refractivity contribution in [3.63, 3.8) is 0 Å². The maximum Gasteiger partial charge on any atom is 0.277 e. The maximum absolute atomic E-state index is 13.8. The van der Waals surface area contributed by atoms with Crippen LogP contribution in [0.4, 0.5) is 8.78 Å². The van der Waals surface area contributed by atoms with E-state index in [1.807, 2.05) is 30.3 Å². The predicted molar refractivity (Wildman–Crippen MR) is 180 cm³/mol. The van der Waals surface area contributed by atoms with Crippen LogP contribution >= 0.6 is 0 Å². The molecule has 1 fully saturated rings. The fraction of sp³-hybridized carbons (Fsp3) is 0.211. The van der Waals surface area contributed by atoms with Gasteiger partial charge in [-0.25, -0.2) is 21.9 Å². The standard InChI is InChI=1S/C38H34F2N2O5S/c1-38(2,37(44)41-48(45,46)33-17-15-25-8-3-4-9-28(25)22-33)47-32-14-6-11-27(21-32)31-13-7-19-42(24-31)36(43)30-12-5-10-26(20-30)29-16-18-34(39)35(40)23-29/h3-6,8-12,14-18,20-23,31H,7,13,19,24H2,1-2H3,(H,41,44). The van der Waals surface area contributed by atoms with Crippen molar-refractivity contribution < 1.29 is 31.5 Å². The Morgan fingerprint density at radius 1 is 0.812 bits per heavy atom. The monoisotopic (exact) mass is 668 g/mol. The second kappa shape index (κ2) is 13.2. The fourth-order valence-corrected chi connectivity index (χ4v) is 7.07. The van der Waals surface area contributed by atoms with Crippen molar-refractivity contribution >= 4 is 32.6 Å². The van der Waals surface area contributed by atoms with Gasteiger partial charge in [0.15, 0.2) is 17.2 Å². The number of amides is 2. The summed E-state index contributed by atoms with van der Waals surface area (Å²) in [5, 5.41) is 1.61. The van der Waals surface area contributed by atoms with Crippen molar-refractivity contribution in [2.75, 3.05) is 13.1 Å². The fourth-order valence-electron chi connectivity index (χ4n) is 5.94. The summed E-state index contributed by atoms with van der Waals surface area (Å²) in [4.78, 5) is 28.5. The van der Waals surface area contributed by atoms with Gasteiger partial charge in [0.2, 0.25) is 0 Å². The lowest BCUT2D eigenvalue weighted by molar-refractivity contribution is -0.132. The van der Waals surface area contributed by atoms with Crippen LogP contribution in [0.3, 0.4) is 0 Å². The van der Waals surface area contributed by atoms with E-state index in [0.29, 0.717) is 35.5 Å². The van der Waals surface area contributed by atoms with E-state index < -0.39 is 33.2 Å². The Morgan fingerprint density at radius 3 is 2.35 bits per heavy atom. The highest BCUT2D eigenvalue weighted by atomic mass is 32.2. The zero-order valence-electron chi connectivity index (χ0n) is 26.5. The highest BCUT2D eigenvalue weighted by Crippen LogP contribution is 2.32. The molecule has 0 saturated carbocycles. The number of nitrogens with zero attached hydrogens (tertiary/aromatic N) is 1. The molecule has 0 aliphatic carbocycles. The molecule has 1 heterocycles. The molecule has 2 amide bonds. The zero-order chi connectivity index (χ0) is 34.1. The highest BCUT2D eigenvalue weighted by Gasteiger charge is 2.34. The van der Waals surface area contributed by atoms with E-state index in [-0.39, 0.29) is 16.7 Å². The number of ether oxygens (including phenoxy) is 1. The third-order valence-corrected chi connectivity index (χ3v) is 9.91. The Morgan fingerprint density at radius 2 is 1.56 bits per heavy atom. The van der Waals surface area contributed by atoms with E-state index in [1.54, 1.807) is 53.4 Å². The van der Waals surface area contributed by atoms with E-state index >= 15 is 0 Å². The highest BCUT2D eigenvalue weighted by molar-refractivity contribution is 7.90. The number of rotatable bonds is 8. The lowest BCUT2D eigenvalue weighted by Gasteiger charge is -2.33. The van der Waals surface area contributed by atoms with Crippen LogP contribution in [0.2, 0.25) is 0 Å². The van der Waals surface area contributed by atoms with Crippen LogP contribution in [0, 0.1) is 11.6 Å². The van der Waals surface area contributed by atoms with Crippen molar-refractivity contribution in [3.05, 3.63) is 132 Å². The molecular weight excluding hydrogens is 634 g/mol. The van der Waals surface area contributed by atoms with Gasteiger partial charge in [-0.1, -0.05) is 60.7 Å². The van der Waals surface area contributed by atoms with Crippen LogP contribution < -0.4 is 9.46 Å². The van der Waals surface area contributed by atoms with Gasteiger partial charge in [-0.2, -0.15) is 0 Å². The van der Waals surface area contributed by atoms with Gasteiger partial charge in [0, 0.05) is 24.6 Å². The summed E-state index contributed by atoms with van der Waals surface area (Å²) in [5.74, 6) is -2.49. The van der Waals surface area contributed by atoms with Gasteiger partial charge in [-0.3, -0.25) is 9.59 Å². The summed E-state index contributed by atoms with van der Waals surface area (Å²) >= 11 is 0. The Bertz CT molecular complexity index is 2130. The minimum absolute atomic E-state index is 0.00847. The van der Waals surface area contributed by atoms with Crippen LogP contribution in [0.5, 0.6) is 5.75 Å². The topological polar surface area (TPSA) is 92.8 Å². The van der Waals surface area contributed by atoms with Crippen LogP contribution in [0.15, 0.2) is 114 Å². The summed E-state index contributed by atoms with van der Waals surface area (Å²) in [5.41, 5.74) is 0.909. The normalized spacial score (nSPS) is 15.2. The van der Waals surface area contributed by atoms with Crippen LogP contribution in [0.1, 0.15) is 48.5 Å². The number of sulfonamides is 1. The smallest absolute Gasteiger partial charge is 0.277 e. The number of fused-ring (bicyclic) bond motifs is 1. The Hall–Kier alpha value is -5.09. The minimum Gasteiger partial charge on any atom is -0.478 e. The number of piperidine rings is 1. The number of likely N-dealkylation sites (tertiary alicyclic amines) is 1. The molecule has 0 aromatic heterocycles. The van der Waals surface area contributed by atoms with E-state index in [9.17, 15) is 26.8 Å². The quantitative estimate of drug-likeness (QED) is 0.185. The first-order chi connectivity index (χ1) is 22.9. The number of benzene rings is 5. The van der Waals surface area contributed by atoms with Gasteiger partial charge < -0.3 is 9.64 Å². The zero-order valence-corrected chi connectivity index (χ0v) is 27.3. The van der Waals surface area contributed by atoms with Crippen LogP contribution in [-0.2, 0) is 14.8 Å². The molecular formula is C38H34F2N2O5S. The molecule has 1 aliphatic rings. The van der Waals surface area contributed by atoms with Gasteiger partial charge in [-0.15, -0.1) is 0 Å². The molecule has 1 N–H and O–H groups in total. The Balaban J connectivity index is 1.13. The van der Waals surface area contributed by atoms with Gasteiger partial charge in [0.05, 0.1) is 4.90 Å². The molecule has 1 aliphatic heterocycles. The number of hydrogen-bond acceptors (Lipinski definition) is 5. The lowest BCUT2D eigenvalue weighted by Crippen LogP contribution is -2.48. The Kier molecular flexibility index (Phi) is 9.03. The molecule has 10 heteroatoms. The largest absolute Gasteiger partial charge is 0.478 e. The summed E-state index contributed by atoms with van der Waals surface area (Å²) in [7, 11) is -4.16. The van der Waals surface area contributed by atoms with Gasteiger partial charge in [-0.05, 0) is 103 Å². The van der Waals surface area contributed by atoms with Crippen molar-refractivity contribution in [2.24, 2.45) is 0 Å². The number of nitrogens with one attached hydrogen (secondary N) is 1. The van der Waals surface area contributed by atoms with E-state index in [4.69, 9.17) is 4.74 Å². The minimum atomic E-state index is -4.16. The average molecular weight is 669 g/mol. The predicted octanol–water partition coefficient (Wildman–Crippen LogP) is 7.47. The number of carbonyl (C=O) groups excluding carboxylic acids is 2. The van der Waals surface area contributed by atoms with E-state index in [1.165, 1.54) is 32.0 Å². The summed E-state index contributed by atoms with van der Waals surface area (Å²) in [6.07, 6.45) is 1.60. The van der Waals surface area contributed by atoms with E-state index in [0.717, 1.165) is 41.3 Å². The third kappa shape index (κ3) is 7.08. The van der Waals surface area contributed by atoms with E-state index in [2.05, 4.69) is 4.72 Å². The third-order valence-electron chi connectivity index (χ3n) is 8.58. The van der Waals surface area contributed by atoms with Crippen molar-refractivity contribution in [2.45, 2.75) is 43.1 Å². The average Bonchev–Trinajstić information content (AvgIpc) is 3.08. The number of carbonyl (C=O) groups is 2. The molecule has 7 nitrogen and oxygen atoms in total. The molecule has 6 rings (SSSR count). The SMILES string of the molecule is CC(C)(Oc1cccc(C2CCCN(C(=O)c3cccc(-c4ccc(F)c(F)c4)c3)C2)c1)C(=O)NS(=O)(=O)c1ccc2ccccc2c1. The van der Waals surface area contributed by atoms with Crippen LogP contribution in [-0.4, -0.2) is 43.8 Å². The summed E-state index contributed by atoms with van der Waals surface area (Å²) < 4.78 is 61.7. The molecule has 246 valence electrons.